The average Bonchev–Trinajstić information content (AvgIpc) is 3.67. The molecule has 0 spiro atoms. The van der Waals surface area contributed by atoms with Gasteiger partial charge in [0, 0.05) is 44.3 Å². The van der Waals surface area contributed by atoms with Gasteiger partial charge in [0.2, 0.25) is 0 Å². The van der Waals surface area contributed by atoms with Gasteiger partial charge in [0.05, 0.1) is 5.60 Å². The van der Waals surface area contributed by atoms with E-state index in [2.05, 4.69) is 11.0 Å². The Kier molecular flexibility index (Phi) is 5.96. The van der Waals surface area contributed by atoms with Crippen LogP contribution in [0.4, 0.5) is 0 Å². The lowest BCUT2D eigenvalue weighted by Gasteiger charge is -2.60. The molecule has 3 fully saturated rings. The van der Waals surface area contributed by atoms with E-state index in [9.17, 15) is 9.90 Å². The van der Waals surface area contributed by atoms with Crippen molar-refractivity contribution >= 4 is 5.91 Å². The first-order chi connectivity index (χ1) is 16.0. The van der Waals surface area contributed by atoms with Crippen LogP contribution in [0.1, 0.15) is 54.4 Å². The Morgan fingerprint density at radius 1 is 1.12 bits per heavy atom. The Morgan fingerprint density at radius 2 is 1.91 bits per heavy atom. The molecule has 0 aromatic heterocycles. The number of likely N-dealkylation sites (tertiary alicyclic amines) is 1. The van der Waals surface area contributed by atoms with Gasteiger partial charge < -0.3 is 19.6 Å². The molecule has 1 amide bonds. The molecule has 5 heteroatoms. The van der Waals surface area contributed by atoms with Crippen molar-refractivity contribution in [3.8, 4) is 5.75 Å². The number of benzene rings is 2. The molecule has 1 saturated heterocycles. The number of nitrogens with zero attached hydrogens (tertiary/aromatic N) is 2. The fourth-order valence-corrected chi connectivity index (χ4v) is 6.47. The third-order valence-corrected chi connectivity index (χ3v) is 8.56. The Labute approximate surface area is 197 Å². The maximum Gasteiger partial charge on any atom is 0.253 e. The van der Waals surface area contributed by atoms with E-state index >= 15 is 0 Å². The molecule has 3 aliphatic rings. The number of hydrogen-bond donors (Lipinski definition) is 1. The van der Waals surface area contributed by atoms with Crippen molar-refractivity contribution in [3.63, 3.8) is 0 Å². The Bertz CT molecular complexity index is 992. The van der Waals surface area contributed by atoms with Crippen molar-refractivity contribution in [2.75, 3.05) is 33.8 Å². The summed E-state index contributed by atoms with van der Waals surface area (Å²) in [5, 5.41) is 10.4. The molecule has 176 valence electrons. The van der Waals surface area contributed by atoms with Crippen LogP contribution in [-0.4, -0.2) is 66.2 Å². The minimum Gasteiger partial charge on any atom is -0.508 e. The number of methoxy groups -OCH3 is 1. The lowest BCUT2D eigenvalue weighted by atomic mass is 9.55. The summed E-state index contributed by atoms with van der Waals surface area (Å²) in [7, 11) is 3.80. The van der Waals surface area contributed by atoms with E-state index in [1.165, 1.54) is 12.8 Å². The van der Waals surface area contributed by atoms with Crippen LogP contribution >= 0.6 is 0 Å². The lowest BCUT2D eigenvalue weighted by Crippen LogP contribution is -2.68. The highest BCUT2D eigenvalue weighted by Gasteiger charge is 2.59. The highest BCUT2D eigenvalue weighted by atomic mass is 16.5. The Hall–Kier alpha value is -2.37. The summed E-state index contributed by atoms with van der Waals surface area (Å²) in [5.41, 5.74) is 1.31. The molecule has 2 aliphatic carbocycles. The van der Waals surface area contributed by atoms with Gasteiger partial charge in [0.25, 0.3) is 5.91 Å². The number of carbonyl (C=O) groups excluding carboxylic acids is 1. The van der Waals surface area contributed by atoms with Crippen molar-refractivity contribution in [1.82, 2.24) is 9.80 Å². The van der Waals surface area contributed by atoms with Crippen molar-refractivity contribution in [3.05, 3.63) is 65.7 Å². The molecule has 0 bridgehead atoms. The molecule has 1 aliphatic heterocycles. The van der Waals surface area contributed by atoms with Crippen LogP contribution < -0.4 is 0 Å². The molecule has 0 radical (unpaired) electrons. The summed E-state index contributed by atoms with van der Waals surface area (Å²) in [4.78, 5) is 17.8. The number of piperidine rings is 1. The van der Waals surface area contributed by atoms with Crippen molar-refractivity contribution in [2.45, 2.75) is 55.6 Å². The molecule has 2 aromatic carbocycles. The number of phenolic OH excluding ortho intramolecular Hbond substituents is 1. The van der Waals surface area contributed by atoms with Crippen molar-refractivity contribution < 1.29 is 14.6 Å². The average molecular weight is 449 g/mol. The summed E-state index contributed by atoms with van der Waals surface area (Å²) in [6, 6.07) is 17.4. The second kappa shape index (κ2) is 8.77. The Morgan fingerprint density at radius 3 is 2.61 bits per heavy atom. The molecular weight excluding hydrogens is 412 g/mol. The highest BCUT2D eigenvalue weighted by molar-refractivity contribution is 5.94. The van der Waals surface area contributed by atoms with E-state index in [1.807, 2.05) is 61.5 Å². The first-order valence-electron chi connectivity index (χ1n) is 12.4. The second-order valence-electron chi connectivity index (χ2n) is 10.4. The molecule has 1 N–H and O–H groups in total. The van der Waals surface area contributed by atoms with Crippen LogP contribution in [-0.2, 0) is 10.2 Å². The molecule has 5 nitrogen and oxygen atoms in total. The number of fused-ring (bicyclic) bond motifs is 1. The quantitative estimate of drug-likeness (QED) is 0.709. The minimum absolute atomic E-state index is 0.0720. The number of hydrogen-bond acceptors (Lipinski definition) is 4. The van der Waals surface area contributed by atoms with E-state index < -0.39 is 0 Å². The van der Waals surface area contributed by atoms with Crippen LogP contribution in [0.5, 0.6) is 5.75 Å². The zero-order chi connectivity index (χ0) is 23.1. The van der Waals surface area contributed by atoms with Gasteiger partial charge >= 0.3 is 0 Å². The number of rotatable bonds is 6. The van der Waals surface area contributed by atoms with Gasteiger partial charge in [-0.2, -0.15) is 0 Å². The minimum atomic E-state index is -0.318. The van der Waals surface area contributed by atoms with Gasteiger partial charge in [-0.05, 0) is 80.8 Å². The predicted molar refractivity (Wildman–Crippen MR) is 129 cm³/mol. The zero-order valence-electron chi connectivity index (χ0n) is 19.9. The first-order valence-corrected chi connectivity index (χ1v) is 12.4. The third-order valence-electron chi connectivity index (χ3n) is 8.56. The number of ether oxygens (including phenoxy) is 1. The molecule has 3 atom stereocenters. The van der Waals surface area contributed by atoms with Crippen LogP contribution in [0, 0.1) is 5.92 Å². The van der Waals surface area contributed by atoms with Crippen molar-refractivity contribution in [1.29, 1.82) is 0 Å². The molecule has 33 heavy (non-hydrogen) atoms. The van der Waals surface area contributed by atoms with Crippen LogP contribution in [0.2, 0.25) is 0 Å². The van der Waals surface area contributed by atoms with E-state index in [0.29, 0.717) is 5.75 Å². The van der Waals surface area contributed by atoms with Crippen LogP contribution in [0.3, 0.4) is 0 Å². The fourth-order valence-electron chi connectivity index (χ4n) is 6.47. The predicted octanol–water partition coefficient (Wildman–Crippen LogP) is 4.46. The maximum absolute atomic E-state index is 13.3. The van der Waals surface area contributed by atoms with Gasteiger partial charge in [-0.1, -0.05) is 30.3 Å². The van der Waals surface area contributed by atoms with Gasteiger partial charge in [0.15, 0.2) is 0 Å². The standard InChI is InChI=1S/C28H36N2O3/c1-29(26(32)22-7-4-3-5-8-22)24-13-14-28(33-2)20-30(19-21-11-12-21)16-15-27(28,18-24)23-9-6-10-25(31)17-23/h3-10,17,21,24,31H,11-16,18-20H2,1-2H3/t24-,27?,28?/m1/s1. The van der Waals surface area contributed by atoms with Crippen LogP contribution in [0.15, 0.2) is 54.6 Å². The molecule has 2 unspecified atom stereocenters. The smallest absolute Gasteiger partial charge is 0.253 e. The van der Waals surface area contributed by atoms with E-state index in [1.54, 1.807) is 6.07 Å². The number of amides is 1. The van der Waals surface area contributed by atoms with Gasteiger partial charge in [-0.25, -0.2) is 0 Å². The van der Waals surface area contributed by atoms with E-state index in [-0.39, 0.29) is 23.0 Å². The van der Waals surface area contributed by atoms with Gasteiger partial charge in [-0.3, -0.25) is 4.79 Å². The van der Waals surface area contributed by atoms with Crippen LogP contribution in [0.25, 0.3) is 0 Å². The zero-order valence-corrected chi connectivity index (χ0v) is 19.9. The van der Waals surface area contributed by atoms with Crippen molar-refractivity contribution in [2.24, 2.45) is 5.92 Å². The summed E-state index contributed by atoms with van der Waals surface area (Å²) in [5.74, 6) is 1.21. The summed E-state index contributed by atoms with van der Waals surface area (Å²) in [6.45, 7) is 3.11. The maximum atomic E-state index is 13.3. The monoisotopic (exact) mass is 448 g/mol. The first kappa shape index (κ1) is 22.4. The Balaban J connectivity index is 1.48. The molecule has 1 heterocycles. The third kappa shape index (κ3) is 4.06. The van der Waals surface area contributed by atoms with Gasteiger partial charge in [-0.15, -0.1) is 0 Å². The largest absolute Gasteiger partial charge is 0.508 e. The molecule has 2 saturated carbocycles. The molecule has 2 aromatic rings. The number of carbonyl (C=O) groups is 1. The number of aromatic hydroxyl groups is 1. The SMILES string of the molecule is COC12CC[C@@H](N(C)C(=O)c3ccccc3)CC1(c1cccc(O)c1)CCN(CC1CC1)C2. The van der Waals surface area contributed by atoms with E-state index in [0.717, 1.165) is 62.4 Å². The summed E-state index contributed by atoms with van der Waals surface area (Å²) in [6.07, 6.45) is 6.33. The molecule has 5 rings (SSSR count). The highest BCUT2D eigenvalue weighted by Crippen LogP contribution is 2.54. The summed E-state index contributed by atoms with van der Waals surface area (Å²) < 4.78 is 6.46. The topological polar surface area (TPSA) is 53.0 Å². The van der Waals surface area contributed by atoms with Gasteiger partial charge in [0.1, 0.15) is 5.75 Å². The van der Waals surface area contributed by atoms with E-state index in [4.69, 9.17) is 4.74 Å². The fraction of sp³-hybridized carbons (Fsp3) is 0.536. The summed E-state index contributed by atoms with van der Waals surface area (Å²) >= 11 is 0. The molecular formula is C28H36N2O3. The second-order valence-corrected chi connectivity index (χ2v) is 10.4. The normalized spacial score (nSPS) is 29.9. The lowest BCUT2D eigenvalue weighted by molar-refractivity contribution is -0.153. The number of phenols is 1.